The van der Waals surface area contributed by atoms with Crippen LogP contribution in [0.5, 0.6) is 5.75 Å². The zero-order valence-corrected chi connectivity index (χ0v) is 21.5. The molecule has 204 valence electrons. The number of likely N-dealkylation sites (tertiary alicyclic amines) is 1. The van der Waals surface area contributed by atoms with Gasteiger partial charge in [0.1, 0.15) is 0 Å². The van der Waals surface area contributed by atoms with Crippen LogP contribution in [0, 0.1) is 17.7 Å². The predicted octanol–water partition coefficient (Wildman–Crippen LogP) is 5.40. The van der Waals surface area contributed by atoms with Gasteiger partial charge < -0.3 is 15.0 Å². The lowest BCUT2D eigenvalue weighted by atomic mass is 10.1. The van der Waals surface area contributed by atoms with Crippen LogP contribution in [0.1, 0.15) is 42.0 Å². The minimum absolute atomic E-state index is 0.209. The number of ether oxygens (including phenoxy) is 1. The van der Waals surface area contributed by atoms with Crippen molar-refractivity contribution in [2.75, 3.05) is 26.2 Å². The van der Waals surface area contributed by atoms with Crippen molar-refractivity contribution in [3.8, 4) is 11.4 Å². The third kappa shape index (κ3) is 7.56. The number of benzene rings is 2. The van der Waals surface area contributed by atoms with Crippen LogP contribution in [0.25, 0.3) is 5.69 Å². The lowest BCUT2D eigenvalue weighted by molar-refractivity contribution is -0.275. The molecule has 38 heavy (non-hydrogen) atoms. The fourth-order valence-electron chi connectivity index (χ4n) is 4.69. The molecule has 1 atom stereocenters. The number of aromatic nitrogens is 2. The molecule has 4 rings (SSSR count). The van der Waals surface area contributed by atoms with E-state index in [0.717, 1.165) is 49.4 Å². The minimum Gasteiger partial charge on any atom is -0.403 e. The summed E-state index contributed by atoms with van der Waals surface area (Å²) in [5.41, 5.74) is 2.88. The summed E-state index contributed by atoms with van der Waals surface area (Å²) in [6.07, 6.45) is -2.72. The standard InChI is InChI=1S/C28H32F4N4O2/c1-19(2)14-23-16-25(34-36(23)22-6-4-3-5-7-22)27(37)33-17-21-11-13-35(18-21)12-10-20-8-9-26(24(29)15-20)38-28(30,31)32/h3-9,15-16,19,21H,10-14,17-18H2,1-2H3,(H,33,37)/t21-/m1/s1. The molecule has 0 radical (unpaired) electrons. The number of amides is 1. The highest BCUT2D eigenvalue weighted by Gasteiger charge is 2.32. The molecule has 1 aliphatic rings. The first-order valence-electron chi connectivity index (χ1n) is 12.8. The fourth-order valence-corrected chi connectivity index (χ4v) is 4.69. The van der Waals surface area contributed by atoms with Crippen LogP contribution >= 0.6 is 0 Å². The van der Waals surface area contributed by atoms with Crippen molar-refractivity contribution in [2.24, 2.45) is 11.8 Å². The van der Waals surface area contributed by atoms with E-state index in [2.05, 4.69) is 33.9 Å². The van der Waals surface area contributed by atoms with Crippen LogP contribution in [0.15, 0.2) is 54.6 Å². The third-order valence-corrected chi connectivity index (χ3v) is 6.49. The van der Waals surface area contributed by atoms with Gasteiger partial charge in [-0.05, 0) is 73.5 Å². The highest BCUT2D eigenvalue weighted by molar-refractivity contribution is 5.92. The number of rotatable bonds is 10. The molecular formula is C28H32F4N4O2. The van der Waals surface area contributed by atoms with Crippen LogP contribution in [0.2, 0.25) is 0 Å². The van der Waals surface area contributed by atoms with E-state index in [4.69, 9.17) is 0 Å². The van der Waals surface area contributed by atoms with Gasteiger partial charge in [0.25, 0.3) is 5.91 Å². The summed E-state index contributed by atoms with van der Waals surface area (Å²) in [7, 11) is 0. The van der Waals surface area contributed by atoms with E-state index in [9.17, 15) is 22.4 Å². The van der Waals surface area contributed by atoms with Gasteiger partial charge in [0.05, 0.1) is 5.69 Å². The van der Waals surface area contributed by atoms with Crippen LogP contribution in [0.3, 0.4) is 0 Å². The molecule has 0 unspecified atom stereocenters. The molecule has 1 aromatic heterocycles. The van der Waals surface area contributed by atoms with Crippen LogP contribution in [-0.2, 0) is 12.8 Å². The molecule has 6 nitrogen and oxygen atoms in total. The zero-order valence-electron chi connectivity index (χ0n) is 21.5. The number of halogens is 4. The Morgan fingerprint density at radius 3 is 2.61 bits per heavy atom. The molecule has 1 saturated heterocycles. The molecule has 1 fully saturated rings. The van der Waals surface area contributed by atoms with Gasteiger partial charge in [-0.1, -0.05) is 38.1 Å². The van der Waals surface area contributed by atoms with E-state index < -0.39 is 17.9 Å². The van der Waals surface area contributed by atoms with Crippen molar-refractivity contribution >= 4 is 5.91 Å². The second-order valence-electron chi connectivity index (χ2n) is 10.1. The Balaban J connectivity index is 1.27. The summed E-state index contributed by atoms with van der Waals surface area (Å²) in [5, 5.41) is 7.60. The number of carbonyl (C=O) groups excluding carboxylic acids is 1. The average Bonchev–Trinajstić information content (AvgIpc) is 3.49. The first-order valence-corrected chi connectivity index (χ1v) is 12.8. The minimum atomic E-state index is -4.93. The Morgan fingerprint density at radius 2 is 1.92 bits per heavy atom. The molecule has 3 aromatic rings. The van der Waals surface area contributed by atoms with Gasteiger partial charge in [0.15, 0.2) is 17.3 Å². The summed E-state index contributed by atoms with van der Waals surface area (Å²) in [6, 6.07) is 15.1. The highest BCUT2D eigenvalue weighted by atomic mass is 19.4. The Kier molecular flexibility index (Phi) is 8.71. The quantitative estimate of drug-likeness (QED) is 0.355. The Hall–Kier alpha value is -3.40. The Labute approximate surface area is 219 Å². The maximum Gasteiger partial charge on any atom is 0.573 e. The van der Waals surface area contributed by atoms with E-state index in [0.29, 0.717) is 36.7 Å². The SMILES string of the molecule is CC(C)Cc1cc(C(=O)NC[C@H]2CCN(CCc3ccc(OC(F)(F)F)c(F)c3)C2)nn1-c1ccccc1. The molecule has 2 heterocycles. The second kappa shape index (κ2) is 12.0. The average molecular weight is 533 g/mol. The van der Waals surface area contributed by atoms with Crippen molar-refractivity contribution in [3.05, 3.63) is 77.4 Å². The number of hydrogen-bond donors (Lipinski definition) is 1. The summed E-state index contributed by atoms with van der Waals surface area (Å²) in [6.45, 7) is 7.02. The number of carbonyl (C=O) groups is 1. The second-order valence-corrected chi connectivity index (χ2v) is 10.1. The van der Waals surface area contributed by atoms with Gasteiger partial charge in [-0.2, -0.15) is 5.10 Å². The molecule has 1 aliphatic heterocycles. The lowest BCUT2D eigenvalue weighted by Gasteiger charge is -2.16. The van der Waals surface area contributed by atoms with E-state index in [1.807, 2.05) is 41.1 Å². The van der Waals surface area contributed by atoms with Crippen molar-refractivity contribution in [1.82, 2.24) is 20.0 Å². The van der Waals surface area contributed by atoms with E-state index in [1.54, 1.807) is 0 Å². The zero-order chi connectivity index (χ0) is 27.3. The summed E-state index contributed by atoms with van der Waals surface area (Å²) in [5.74, 6) is -1.39. The first-order chi connectivity index (χ1) is 18.1. The topological polar surface area (TPSA) is 59.4 Å². The first kappa shape index (κ1) is 27.6. The van der Waals surface area contributed by atoms with Crippen molar-refractivity contribution in [1.29, 1.82) is 0 Å². The molecule has 1 N–H and O–H groups in total. The van der Waals surface area contributed by atoms with Crippen molar-refractivity contribution < 1.29 is 27.1 Å². The number of para-hydroxylation sites is 1. The van der Waals surface area contributed by atoms with Crippen molar-refractivity contribution in [2.45, 2.75) is 39.5 Å². The molecule has 0 aliphatic carbocycles. The molecule has 10 heteroatoms. The van der Waals surface area contributed by atoms with Crippen LogP contribution < -0.4 is 10.1 Å². The number of nitrogens with one attached hydrogen (secondary N) is 1. The maximum absolute atomic E-state index is 14.0. The normalized spacial score (nSPS) is 16.2. The van der Waals surface area contributed by atoms with Crippen LogP contribution in [0.4, 0.5) is 17.6 Å². The largest absolute Gasteiger partial charge is 0.573 e. The number of hydrogen-bond acceptors (Lipinski definition) is 4. The van der Waals surface area contributed by atoms with Crippen molar-refractivity contribution in [3.63, 3.8) is 0 Å². The van der Waals surface area contributed by atoms with Crippen LogP contribution in [-0.4, -0.2) is 53.1 Å². The maximum atomic E-state index is 14.0. The Bertz CT molecular complexity index is 1230. The van der Waals surface area contributed by atoms with Gasteiger partial charge in [-0.15, -0.1) is 13.2 Å². The lowest BCUT2D eigenvalue weighted by Crippen LogP contribution is -2.31. The monoisotopic (exact) mass is 532 g/mol. The molecule has 0 spiro atoms. The summed E-state index contributed by atoms with van der Waals surface area (Å²) >= 11 is 0. The molecule has 0 saturated carbocycles. The molecule has 2 aromatic carbocycles. The molecule has 1 amide bonds. The summed E-state index contributed by atoms with van der Waals surface area (Å²) in [4.78, 5) is 15.1. The van der Waals surface area contributed by atoms with Gasteiger partial charge in [-0.25, -0.2) is 9.07 Å². The molecule has 0 bridgehead atoms. The van der Waals surface area contributed by atoms with Gasteiger partial charge in [0, 0.05) is 25.3 Å². The van der Waals surface area contributed by atoms with E-state index >= 15 is 0 Å². The van der Waals surface area contributed by atoms with Gasteiger partial charge >= 0.3 is 6.36 Å². The highest BCUT2D eigenvalue weighted by Crippen LogP contribution is 2.26. The van der Waals surface area contributed by atoms with Gasteiger partial charge in [-0.3, -0.25) is 4.79 Å². The number of nitrogens with zero attached hydrogens (tertiary/aromatic N) is 3. The van der Waals surface area contributed by atoms with Gasteiger partial charge in [0.2, 0.25) is 0 Å². The van der Waals surface area contributed by atoms with E-state index in [-0.39, 0.29) is 11.8 Å². The summed E-state index contributed by atoms with van der Waals surface area (Å²) < 4.78 is 56.5. The molecular weight excluding hydrogens is 500 g/mol. The van der Waals surface area contributed by atoms with E-state index in [1.165, 1.54) is 6.07 Å². The fraction of sp³-hybridized carbons (Fsp3) is 0.429. The third-order valence-electron chi connectivity index (χ3n) is 6.49. The Morgan fingerprint density at radius 1 is 1.16 bits per heavy atom. The number of alkyl halides is 3. The predicted molar refractivity (Wildman–Crippen MR) is 136 cm³/mol. The smallest absolute Gasteiger partial charge is 0.403 e.